The van der Waals surface area contributed by atoms with E-state index in [1.165, 1.54) is 25.7 Å². The minimum Gasteiger partial charge on any atom is -0.469 e. The summed E-state index contributed by atoms with van der Waals surface area (Å²) in [6.45, 7) is 11.3. The molecule has 1 saturated carbocycles. The van der Waals surface area contributed by atoms with E-state index in [1.54, 1.807) is 36.4 Å². The molecule has 4 fully saturated rings. The fraction of sp³-hybridized carbons (Fsp3) is 0.488. The van der Waals surface area contributed by atoms with Gasteiger partial charge < -0.3 is 24.8 Å². The van der Waals surface area contributed by atoms with E-state index in [0.29, 0.717) is 29.9 Å². The van der Waals surface area contributed by atoms with Gasteiger partial charge in [0.2, 0.25) is 15.7 Å². The van der Waals surface area contributed by atoms with Crippen molar-refractivity contribution in [2.45, 2.75) is 60.2 Å². The molecule has 3 atom stereocenters. The summed E-state index contributed by atoms with van der Waals surface area (Å²) >= 11 is 0. The van der Waals surface area contributed by atoms with Crippen LogP contribution in [0.5, 0.6) is 0 Å². The highest BCUT2D eigenvalue weighted by Gasteiger charge is 2.53. The first kappa shape index (κ1) is 38.2. The topological polar surface area (TPSA) is 99.3 Å². The quantitative estimate of drug-likeness (QED) is 0.146. The number of carbonyl (C=O) groups is 2. The molecule has 54 heavy (non-hydrogen) atoms. The van der Waals surface area contributed by atoms with Crippen LogP contribution in [0.25, 0.3) is 0 Å². The normalized spacial score (nSPS) is 22.5. The van der Waals surface area contributed by atoms with Gasteiger partial charge in [-0.25, -0.2) is 12.8 Å². The first-order valence-electron chi connectivity index (χ1n) is 19.5. The summed E-state index contributed by atoms with van der Waals surface area (Å²) in [7, 11) is -2.29. The Morgan fingerprint density at radius 2 is 1.65 bits per heavy atom. The van der Waals surface area contributed by atoms with Crippen molar-refractivity contribution in [3.63, 3.8) is 0 Å². The van der Waals surface area contributed by atoms with Crippen molar-refractivity contribution in [2.75, 3.05) is 69.7 Å². The minimum atomic E-state index is -3.77. The number of nitrogens with one attached hydrogen (secondary N) is 1. The fourth-order valence-corrected chi connectivity index (χ4v) is 11.1. The number of ether oxygens (including phenoxy) is 1. The van der Waals surface area contributed by atoms with E-state index in [1.807, 2.05) is 18.2 Å². The second kappa shape index (κ2) is 16.4. The number of piperidine rings is 1. The van der Waals surface area contributed by atoms with E-state index >= 15 is 4.39 Å². The highest BCUT2D eigenvalue weighted by Crippen LogP contribution is 2.54. The van der Waals surface area contributed by atoms with Crippen LogP contribution in [0.1, 0.15) is 50.5 Å². The molecule has 0 radical (unpaired) electrons. The molecule has 0 bridgehead atoms. The van der Waals surface area contributed by atoms with Gasteiger partial charge >= 0.3 is 5.97 Å². The molecule has 3 aliphatic heterocycles. The Morgan fingerprint density at radius 3 is 2.31 bits per heavy atom. The molecule has 9 nitrogen and oxygen atoms in total. The number of esters is 1. The van der Waals surface area contributed by atoms with Crippen LogP contribution >= 0.6 is 0 Å². The molecule has 3 aromatic carbocycles. The molecule has 0 spiro atoms. The maximum atomic E-state index is 15.0. The summed E-state index contributed by atoms with van der Waals surface area (Å²) in [6.07, 6.45) is 8.01. The number of nitrogens with zero attached hydrogens (tertiary/aromatic N) is 3. The lowest BCUT2D eigenvalue weighted by Crippen LogP contribution is -2.58. The average Bonchev–Trinajstić information content (AvgIpc) is 3.61. The zero-order valence-electron chi connectivity index (χ0n) is 31.3. The van der Waals surface area contributed by atoms with E-state index < -0.39 is 15.7 Å². The standard InChI is InChI=1S/C43H53FN4O5S/c1-3-41(49)45-36-11-6-12-39(26-36)54(51,52)38-16-14-37(15-17-38)48-28-31(29-48)27-46-22-18-33(19-23-46)43(30-47-20-7-21-47,34-9-5-10-35(44)25-34)40-13-4-8-32(40)24-42(50)53-2/h3,5-6,9-12,14-17,25-26,31-33,40H,1,4,7-8,13,18-24,27-30H2,2H3,(H,45,49)/t32-,40+,43+/m1/s1. The Balaban J connectivity index is 0.990. The number of rotatable bonds is 14. The number of sulfone groups is 1. The first-order valence-corrected chi connectivity index (χ1v) is 21.0. The molecular formula is C43H53FN4O5S. The van der Waals surface area contributed by atoms with Gasteiger partial charge in [-0.15, -0.1) is 0 Å². The number of methoxy groups -OCH3 is 1. The number of hydrogen-bond acceptors (Lipinski definition) is 8. The van der Waals surface area contributed by atoms with Crippen molar-refractivity contribution in [1.82, 2.24) is 9.80 Å². The van der Waals surface area contributed by atoms with Crippen LogP contribution in [0, 0.1) is 29.5 Å². The van der Waals surface area contributed by atoms with Crippen LogP contribution in [-0.2, 0) is 29.6 Å². The van der Waals surface area contributed by atoms with E-state index in [2.05, 4.69) is 32.7 Å². The molecule has 11 heteroatoms. The Labute approximate surface area is 319 Å². The average molecular weight is 757 g/mol. The van der Waals surface area contributed by atoms with Crippen molar-refractivity contribution in [2.24, 2.45) is 23.7 Å². The van der Waals surface area contributed by atoms with E-state index in [0.717, 1.165) is 102 Å². The maximum Gasteiger partial charge on any atom is 0.305 e. The zero-order chi connectivity index (χ0) is 37.9. The van der Waals surface area contributed by atoms with Gasteiger partial charge in [0.1, 0.15) is 5.82 Å². The van der Waals surface area contributed by atoms with Gasteiger partial charge in [-0.3, -0.25) is 9.59 Å². The Bertz CT molecular complexity index is 1920. The van der Waals surface area contributed by atoms with Crippen molar-refractivity contribution < 1.29 is 27.1 Å². The molecule has 0 unspecified atom stereocenters. The number of likely N-dealkylation sites (tertiary alicyclic amines) is 2. The number of anilines is 2. The molecular weight excluding hydrogens is 704 g/mol. The molecule has 288 valence electrons. The van der Waals surface area contributed by atoms with Crippen molar-refractivity contribution in [1.29, 1.82) is 0 Å². The SMILES string of the molecule is C=CC(=O)Nc1cccc(S(=O)(=O)c2ccc(N3CC(CN4CCC([C@@](CN5CCC5)(c5cccc(F)c5)[C@H]5CCC[C@@H]5CC(=O)OC)CC4)C3)cc2)c1. The molecule has 1 N–H and O–H groups in total. The van der Waals surface area contributed by atoms with Crippen LogP contribution in [0.2, 0.25) is 0 Å². The summed E-state index contributed by atoms with van der Waals surface area (Å²) in [5.74, 6) is 0.704. The number of carbonyl (C=O) groups excluding carboxylic acids is 2. The van der Waals surface area contributed by atoms with Crippen LogP contribution in [-0.4, -0.2) is 89.6 Å². The van der Waals surface area contributed by atoms with Crippen LogP contribution in [0.4, 0.5) is 15.8 Å². The van der Waals surface area contributed by atoms with E-state index in [9.17, 15) is 18.0 Å². The Hall–Kier alpha value is -4.06. The van der Waals surface area contributed by atoms with E-state index in [-0.39, 0.29) is 32.9 Å². The third-order valence-electron chi connectivity index (χ3n) is 12.7. The molecule has 0 aromatic heterocycles. The monoisotopic (exact) mass is 756 g/mol. The second-order valence-electron chi connectivity index (χ2n) is 15.8. The molecule has 3 saturated heterocycles. The third kappa shape index (κ3) is 8.00. The smallest absolute Gasteiger partial charge is 0.305 e. The largest absolute Gasteiger partial charge is 0.469 e. The zero-order valence-corrected chi connectivity index (χ0v) is 32.1. The highest BCUT2D eigenvalue weighted by atomic mass is 32.2. The first-order chi connectivity index (χ1) is 26.1. The lowest BCUT2D eigenvalue weighted by molar-refractivity contribution is -0.142. The summed E-state index contributed by atoms with van der Waals surface area (Å²) in [4.78, 5) is 32.1. The predicted octanol–water partition coefficient (Wildman–Crippen LogP) is 6.55. The van der Waals surface area contributed by atoms with Gasteiger partial charge in [0.15, 0.2) is 0 Å². The summed E-state index contributed by atoms with van der Waals surface area (Å²) in [5, 5.41) is 2.62. The number of benzene rings is 3. The number of hydrogen-bond donors (Lipinski definition) is 1. The van der Waals surface area contributed by atoms with Gasteiger partial charge in [-0.1, -0.05) is 31.2 Å². The molecule has 7 rings (SSSR count). The van der Waals surface area contributed by atoms with Crippen LogP contribution in [0.15, 0.2) is 95.2 Å². The molecule has 1 amide bonds. The predicted molar refractivity (Wildman–Crippen MR) is 209 cm³/mol. The van der Waals surface area contributed by atoms with Gasteiger partial charge in [0.05, 0.1) is 16.9 Å². The van der Waals surface area contributed by atoms with Gasteiger partial charge in [0, 0.05) is 55.3 Å². The Kier molecular flexibility index (Phi) is 11.6. The molecule has 3 aromatic rings. The lowest BCUT2D eigenvalue weighted by atomic mass is 9.56. The van der Waals surface area contributed by atoms with Crippen LogP contribution < -0.4 is 10.2 Å². The van der Waals surface area contributed by atoms with Crippen molar-refractivity contribution in [3.8, 4) is 0 Å². The maximum absolute atomic E-state index is 15.0. The molecule has 3 heterocycles. The summed E-state index contributed by atoms with van der Waals surface area (Å²) in [5.41, 5.74) is 2.28. The molecule has 4 aliphatic rings. The summed E-state index contributed by atoms with van der Waals surface area (Å²) < 4.78 is 46.9. The fourth-order valence-electron chi connectivity index (χ4n) is 9.83. The second-order valence-corrected chi connectivity index (χ2v) is 17.8. The van der Waals surface area contributed by atoms with Crippen molar-refractivity contribution in [3.05, 3.63) is 96.8 Å². The summed E-state index contributed by atoms with van der Waals surface area (Å²) in [6, 6.07) is 20.6. The van der Waals surface area contributed by atoms with Crippen LogP contribution in [0.3, 0.4) is 0 Å². The van der Waals surface area contributed by atoms with Crippen molar-refractivity contribution >= 4 is 33.1 Å². The number of amides is 1. The highest BCUT2D eigenvalue weighted by molar-refractivity contribution is 7.91. The number of halogens is 1. The third-order valence-corrected chi connectivity index (χ3v) is 14.4. The Morgan fingerprint density at radius 1 is 0.907 bits per heavy atom. The van der Waals surface area contributed by atoms with Gasteiger partial charge in [-0.05, 0) is 142 Å². The molecule has 1 aliphatic carbocycles. The lowest BCUT2D eigenvalue weighted by Gasteiger charge is -2.54. The van der Waals surface area contributed by atoms with E-state index in [4.69, 9.17) is 4.74 Å². The van der Waals surface area contributed by atoms with Gasteiger partial charge in [0.25, 0.3) is 0 Å². The van der Waals surface area contributed by atoms with Gasteiger partial charge in [-0.2, -0.15) is 0 Å². The minimum absolute atomic E-state index is 0.114.